The van der Waals surface area contributed by atoms with Crippen molar-refractivity contribution < 1.29 is 14.3 Å². The summed E-state index contributed by atoms with van der Waals surface area (Å²) in [7, 11) is 0. The molecule has 0 aromatic rings. The summed E-state index contributed by atoms with van der Waals surface area (Å²) in [6.45, 7) is 6.57. The number of hydrogen-bond donors (Lipinski definition) is 0. The monoisotopic (exact) mass is 381 g/mol. The number of esters is 1. The van der Waals surface area contributed by atoms with E-state index in [1.807, 2.05) is 0 Å². The number of carbonyl (C=O) groups is 2. The Kier molecular flexibility index (Phi) is 14.4. The zero-order chi connectivity index (χ0) is 19.7. The second-order valence-corrected chi connectivity index (χ2v) is 8.16. The van der Waals surface area contributed by atoms with Gasteiger partial charge in [-0.1, -0.05) is 64.7 Å². The zero-order valence-electron chi connectivity index (χ0n) is 18.0. The van der Waals surface area contributed by atoms with E-state index in [-0.39, 0.29) is 12.0 Å². The highest BCUT2D eigenvalue weighted by molar-refractivity contribution is 5.81. The number of ketones is 1. The maximum absolute atomic E-state index is 11.8. The fourth-order valence-electron chi connectivity index (χ4n) is 3.99. The van der Waals surface area contributed by atoms with E-state index < -0.39 is 0 Å². The first-order valence-electron chi connectivity index (χ1n) is 11.5. The molecule has 1 saturated heterocycles. The van der Waals surface area contributed by atoms with E-state index in [0.29, 0.717) is 18.8 Å². The summed E-state index contributed by atoms with van der Waals surface area (Å²) in [4.78, 5) is 25.6. The first kappa shape index (κ1) is 24.1. The molecule has 0 radical (unpaired) electrons. The molecule has 1 rings (SSSR count). The molecule has 0 amide bonds. The third-order valence-corrected chi connectivity index (χ3v) is 5.67. The minimum Gasteiger partial charge on any atom is -0.466 e. The third kappa shape index (κ3) is 12.2. The number of likely N-dealkylation sites (tertiary alicyclic amines) is 1. The van der Waals surface area contributed by atoms with E-state index in [1.54, 1.807) is 6.92 Å². The normalized spacial score (nSPS) is 17.3. The van der Waals surface area contributed by atoms with Crippen LogP contribution in [0, 0.1) is 0 Å². The molecule has 1 heterocycles. The number of nitrogens with zero attached hydrogens (tertiary/aromatic N) is 1. The Bertz CT molecular complexity index is 397. The predicted octanol–water partition coefficient (Wildman–Crippen LogP) is 5.67. The van der Waals surface area contributed by atoms with Crippen molar-refractivity contribution in [1.29, 1.82) is 0 Å². The summed E-state index contributed by atoms with van der Waals surface area (Å²) >= 11 is 0. The van der Waals surface area contributed by atoms with Gasteiger partial charge in [-0.15, -0.1) is 0 Å². The predicted molar refractivity (Wildman–Crippen MR) is 112 cm³/mol. The van der Waals surface area contributed by atoms with Crippen molar-refractivity contribution in [3.05, 3.63) is 0 Å². The molecule has 158 valence electrons. The van der Waals surface area contributed by atoms with Crippen LogP contribution in [0.4, 0.5) is 0 Å². The Morgan fingerprint density at radius 2 is 1.52 bits per heavy atom. The quantitative estimate of drug-likeness (QED) is 0.240. The molecular weight excluding hydrogens is 338 g/mol. The van der Waals surface area contributed by atoms with Crippen molar-refractivity contribution in [2.24, 2.45) is 0 Å². The smallest absolute Gasteiger partial charge is 0.305 e. The van der Waals surface area contributed by atoms with Crippen molar-refractivity contribution in [3.63, 3.8) is 0 Å². The Labute approximate surface area is 167 Å². The lowest BCUT2D eigenvalue weighted by Gasteiger charge is -2.21. The highest BCUT2D eigenvalue weighted by Crippen LogP contribution is 2.18. The Morgan fingerprint density at radius 3 is 2.19 bits per heavy atom. The van der Waals surface area contributed by atoms with Gasteiger partial charge >= 0.3 is 5.97 Å². The van der Waals surface area contributed by atoms with E-state index in [4.69, 9.17) is 4.74 Å². The van der Waals surface area contributed by atoms with Crippen LogP contribution in [0.1, 0.15) is 110 Å². The number of Topliss-reactive ketones (excluding diaryl/α,β-unsaturated/α-hetero) is 1. The highest BCUT2D eigenvalue weighted by atomic mass is 16.5. The minimum atomic E-state index is -0.0441. The van der Waals surface area contributed by atoms with Gasteiger partial charge in [0.2, 0.25) is 0 Å². The number of hydrogen-bond acceptors (Lipinski definition) is 4. The first-order valence-corrected chi connectivity index (χ1v) is 11.5. The van der Waals surface area contributed by atoms with Gasteiger partial charge in [0.1, 0.15) is 5.78 Å². The van der Waals surface area contributed by atoms with Gasteiger partial charge in [0.15, 0.2) is 0 Å². The molecule has 1 aliphatic heterocycles. The molecular formula is C23H43NO3. The average molecular weight is 382 g/mol. The van der Waals surface area contributed by atoms with E-state index in [2.05, 4.69) is 11.8 Å². The molecule has 0 spiro atoms. The van der Waals surface area contributed by atoms with E-state index in [0.717, 1.165) is 51.6 Å². The molecule has 1 fully saturated rings. The lowest BCUT2D eigenvalue weighted by Crippen LogP contribution is -2.35. The molecule has 0 N–H and O–H groups in total. The number of unbranched alkanes of at least 4 members (excludes halogenated alkanes) is 10. The van der Waals surface area contributed by atoms with Gasteiger partial charge in [-0.25, -0.2) is 0 Å². The van der Waals surface area contributed by atoms with Gasteiger partial charge in [0.05, 0.1) is 12.6 Å². The maximum Gasteiger partial charge on any atom is 0.305 e. The molecule has 4 heteroatoms. The standard InChI is InChI=1S/C23H43NO3/c1-3-4-5-6-7-8-9-10-14-20-27-23(26)17-12-11-13-18-24-19-15-16-22(24)21(2)25/h22H,3-20H2,1-2H3. The minimum absolute atomic E-state index is 0.0441. The fraction of sp³-hybridized carbons (Fsp3) is 0.913. The summed E-state index contributed by atoms with van der Waals surface area (Å²) in [5, 5.41) is 0. The average Bonchev–Trinajstić information content (AvgIpc) is 3.12. The van der Waals surface area contributed by atoms with Crippen LogP contribution < -0.4 is 0 Å². The van der Waals surface area contributed by atoms with Crippen LogP contribution in [0.25, 0.3) is 0 Å². The topological polar surface area (TPSA) is 46.6 Å². The molecule has 0 bridgehead atoms. The number of rotatable bonds is 17. The van der Waals surface area contributed by atoms with Gasteiger partial charge in [0.25, 0.3) is 0 Å². The second-order valence-electron chi connectivity index (χ2n) is 8.16. The second kappa shape index (κ2) is 16.1. The highest BCUT2D eigenvalue weighted by Gasteiger charge is 2.27. The lowest BCUT2D eigenvalue weighted by atomic mass is 10.1. The Hall–Kier alpha value is -0.900. The summed E-state index contributed by atoms with van der Waals surface area (Å²) in [5.74, 6) is 0.255. The van der Waals surface area contributed by atoms with E-state index in [9.17, 15) is 9.59 Å². The SMILES string of the molecule is CCCCCCCCCCCOC(=O)CCCCCN1CCCC1C(C)=O. The van der Waals surface area contributed by atoms with Crippen LogP contribution >= 0.6 is 0 Å². The van der Waals surface area contributed by atoms with Crippen molar-refractivity contribution >= 4 is 11.8 Å². The zero-order valence-corrected chi connectivity index (χ0v) is 18.0. The summed E-state index contributed by atoms with van der Waals surface area (Å²) < 4.78 is 5.34. The van der Waals surface area contributed by atoms with Crippen molar-refractivity contribution in [1.82, 2.24) is 4.90 Å². The van der Waals surface area contributed by atoms with Crippen LogP contribution in [-0.2, 0) is 14.3 Å². The van der Waals surface area contributed by atoms with Gasteiger partial charge in [-0.2, -0.15) is 0 Å². The van der Waals surface area contributed by atoms with Gasteiger partial charge in [-0.05, 0) is 52.1 Å². The largest absolute Gasteiger partial charge is 0.466 e. The van der Waals surface area contributed by atoms with Crippen LogP contribution in [0.15, 0.2) is 0 Å². The molecule has 0 aromatic carbocycles. The summed E-state index contributed by atoms with van der Waals surface area (Å²) in [5.41, 5.74) is 0. The molecule has 1 unspecified atom stereocenters. The molecule has 4 nitrogen and oxygen atoms in total. The van der Waals surface area contributed by atoms with Crippen molar-refractivity contribution in [2.75, 3.05) is 19.7 Å². The summed E-state index contributed by atoms with van der Waals surface area (Å²) in [6.07, 6.45) is 17.2. The fourth-order valence-corrected chi connectivity index (χ4v) is 3.99. The van der Waals surface area contributed by atoms with Gasteiger partial charge in [0, 0.05) is 6.42 Å². The molecule has 27 heavy (non-hydrogen) atoms. The van der Waals surface area contributed by atoms with E-state index >= 15 is 0 Å². The van der Waals surface area contributed by atoms with Crippen molar-refractivity contribution in [2.45, 2.75) is 116 Å². The molecule has 1 aliphatic rings. The first-order chi connectivity index (χ1) is 13.1. The molecule has 1 atom stereocenters. The van der Waals surface area contributed by atoms with Crippen LogP contribution in [0.2, 0.25) is 0 Å². The number of carbonyl (C=O) groups excluding carboxylic acids is 2. The lowest BCUT2D eigenvalue weighted by molar-refractivity contribution is -0.143. The molecule has 0 aromatic heterocycles. The van der Waals surface area contributed by atoms with Gasteiger partial charge < -0.3 is 4.74 Å². The van der Waals surface area contributed by atoms with E-state index in [1.165, 1.54) is 51.4 Å². The van der Waals surface area contributed by atoms with Crippen LogP contribution in [0.5, 0.6) is 0 Å². The third-order valence-electron chi connectivity index (χ3n) is 5.67. The molecule has 0 aliphatic carbocycles. The maximum atomic E-state index is 11.8. The number of ether oxygens (including phenoxy) is 1. The van der Waals surface area contributed by atoms with Crippen molar-refractivity contribution in [3.8, 4) is 0 Å². The van der Waals surface area contributed by atoms with Crippen LogP contribution in [-0.4, -0.2) is 42.4 Å². The Morgan fingerprint density at radius 1 is 0.889 bits per heavy atom. The van der Waals surface area contributed by atoms with Gasteiger partial charge in [-0.3, -0.25) is 14.5 Å². The summed E-state index contributed by atoms with van der Waals surface area (Å²) in [6, 6.07) is 0.145. The Balaban J connectivity index is 1.85. The van der Waals surface area contributed by atoms with Crippen LogP contribution in [0.3, 0.4) is 0 Å². The molecule has 0 saturated carbocycles.